The topological polar surface area (TPSA) is 85.4 Å². The third-order valence-corrected chi connectivity index (χ3v) is 4.80. The highest BCUT2D eigenvalue weighted by Crippen LogP contribution is 2.28. The van der Waals surface area contributed by atoms with E-state index in [4.69, 9.17) is 4.74 Å². The van der Waals surface area contributed by atoms with Crippen LogP contribution in [0.3, 0.4) is 0 Å². The van der Waals surface area contributed by atoms with Crippen LogP contribution in [0.5, 0.6) is 0 Å². The fourth-order valence-corrected chi connectivity index (χ4v) is 3.34. The lowest BCUT2D eigenvalue weighted by Crippen LogP contribution is -2.35. The number of hydrogen-bond acceptors (Lipinski definition) is 6. The van der Waals surface area contributed by atoms with Gasteiger partial charge in [0, 0.05) is 11.1 Å². The van der Waals surface area contributed by atoms with E-state index in [0.717, 1.165) is 10.5 Å². The van der Waals surface area contributed by atoms with Crippen molar-refractivity contribution in [2.75, 3.05) is 6.61 Å². The van der Waals surface area contributed by atoms with Crippen molar-refractivity contribution in [1.29, 1.82) is 0 Å². The Bertz CT molecular complexity index is 994. The molecule has 2 amide bonds. The quantitative estimate of drug-likeness (QED) is 0.606. The highest BCUT2D eigenvalue weighted by Gasteiger charge is 2.17. The number of benzene rings is 2. The molecule has 0 aliphatic carbocycles. The maximum atomic E-state index is 12.4. The summed E-state index contributed by atoms with van der Waals surface area (Å²) in [6.07, 6.45) is 1.65. The number of imide groups is 1. The van der Waals surface area contributed by atoms with Crippen LogP contribution in [-0.2, 0) is 20.7 Å². The van der Waals surface area contributed by atoms with E-state index in [9.17, 15) is 14.4 Å². The lowest BCUT2D eigenvalue weighted by molar-refractivity contribution is -0.132. The molecule has 146 valence electrons. The smallest absolute Gasteiger partial charge is 0.341 e. The van der Waals surface area contributed by atoms with Crippen molar-refractivity contribution in [3.05, 3.63) is 90.1 Å². The number of aromatic nitrogens is 1. The Morgan fingerprint density at radius 1 is 0.862 bits per heavy atom. The van der Waals surface area contributed by atoms with Crippen LogP contribution in [0.25, 0.3) is 0 Å². The molecular weight excluding hydrogens is 388 g/mol. The van der Waals surface area contributed by atoms with E-state index in [1.165, 1.54) is 11.8 Å². The van der Waals surface area contributed by atoms with E-state index in [1.807, 2.05) is 48.5 Å². The Labute approximate surface area is 172 Å². The molecule has 0 radical (unpaired) electrons. The molecule has 1 aromatic heterocycles. The minimum atomic E-state index is -0.680. The Kier molecular flexibility index (Phi) is 7.13. The number of nitrogens with zero attached hydrogens (tertiary/aromatic N) is 1. The second kappa shape index (κ2) is 10.2. The molecule has 0 atom stereocenters. The molecule has 0 aliphatic heterocycles. The summed E-state index contributed by atoms with van der Waals surface area (Å²) in [5, 5.41) is 2.69. The van der Waals surface area contributed by atoms with E-state index in [1.54, 1.807) is 30.5 Å². The van der Waals surface area contributed by atoms with E-state index in [-0.39, 0.29) is 12.0 Å². The van der Waals surface area contributed by atoms with E-state index < -0.39 is 24.4 Å². The van der Waals surface area contributed by atoms with E-state index >= 15 is 0 Å². The standard InChI is InChI=1S/C22H18N2O4S/c25-19(14-16-8-3-1-4-9-16)24-20(26)15-28-22(27)18-12-7-13-23-21(18)29-17-10-5-2-6-11-17/h1-13H,14-15H2,(H,24,25,26). The molecule has 2 aromatic carbocycles. The molecule has 0 fully saturated rings. The maximum absolute atomic E-state index is 12.4. The molecule has 3 rings (SSSR count). The first-order chi connectivity index (χ1) is 14.1. The van der Waals surface area contributed by atoms with Gasteiger partial charge in [-0.05, 0) is 29.8 Å². The Morgan fingerprint density at radius 2 is 1.55 bits per heavy atom. The third kappa shape index (κ3) is 6.29. The molecule has 0 saturated heterocycles. The number of carbonyl (C=O) groups is 3. The molecule has 6 nitrogen and oxygen atoms in total. The number of rotatable bonds is 7. The molecule has 0 unspecified atom stereocenters. The van der Waals surface area contributed by atoms with Gasteiger partial charge in [-0.1, -0.05) is 60.3 Å². The van der Waals surface area contributed by atoms with Gasteiger partial charge < -0.3 is 4.74 Å². The summed E-state index contributed by atoms with van der Waals surface area (Å²) in [4.78, 5) is 41.4. The zero-order valence-electron chi connectivity index (χ0n) is 15.4. The highest BCUT2D eigenvalue weighted by molar-refractivity contribution is 7.99. The van der Waals surface area contributed by atoms with Crippen LogP contribution in [-0.4, -0.2) is 29.4 Å². The van der Waals surface area contributed by atoms with Crippen LogP contribution < -0.4 is 5.32 Å². The third-order valence-electron chi connectivity index (χ3n) is 3.77. The van der Waals surface area contributed by atoms with E-state index in [0.29, 0.717) is 5.03 Å². The van der Waals surface area contributed by atoms with Gasteiger partial charge in [0.2, 0.25) is 5.91 Å². The van der Waals surface area contributed by atoms with Gasteiger partial charge in [-0.2, -0.15) is 0 Å². The molecule has 1 N–H and O–H groups in total. The number of hydrogen-bond donors (Lipinski definition) is 1. The molecule has 0 saturated carbocycles. The Morgan fingerprint density at radius 3 is 2.28 bits per heavy atom. The molecule has 0 bridgehead atoms. The first-order valence-corrected chi connectivity index (χ1v) is 9.65. The maximum Gasteiger partial charge on any atom is 0.341 e. The van der Waals surface area contributed by atoms with Crippen LogP contribution in [0.15, 0.2) is 88.9 Å². The molecule has 7 heteroatoms. The van der Waals surface area contributed by atoms with Gasteiger partial charge in [-0.3, -0.25) is 14.9 Å². The first kappa shape index (κ1) is 20.3. The fourth-order valence-electron chi connectivity index (χ4n) is 2.45. The normalized spacial score (nSPS) is 10.2. The number of nitrogens with one attached hydrogen (secondary N) is 1. The van der Waals surface area contributed by atoms with Crippen molar-refractivity contribution in [2.45, 2.75) is 16.3 Å². The predicted molar refractivity (Wildman–Crippen MR) is 108 cm³/mol. The average Bonchev–Trinajstić information content (AvgIpc) is 2.74. The largest absolute Gasteiger partial charge is 0.452 e. The van der Waals surface area contributed by atoms with Crippen LogP contribution in [0.1, 0.15) is 15.9 Å². The van der Waals surface area contributed by atoms with Gasteiger partial charge >= 0.3 is 5.97 Å². The van der Waals surface area contributed by atoms with E-state index in [2.05, 4.69) is 10.3 Å². The summed E-state index contributed by atoms with van der Waals surface area (Å²) in [5.41, 5.74) is 1.04. The summed E-state index contributed by atoms with van der Waals surface area (Å²) in [6, 6.07) is 21.7. The van der Waals surface area contributed by atoms with Crippen LogP contribution in [0, 0.1) is 0 Å². The second-order valence-corrected chi connectivity index (χ2v) is 7.04. The molecule has 0 spiro atoms. The first-order valence-electron chi connectivity index (χ1n) is 8.83. The molecule has 3 aromatic rings. The number of pyridine rings is 1. The molecule has 29 heavy (non-hydrogen) atoms. The van der Waals surface area contributed by atoms with Crippen LogP contribution in [0.2, 0.25) is 0 Å². The Balaban J connectivity index is 1.54. The van der Waals surface area contributed by atoms with Gasteiger partial charge in [0.05, 0.1) is 12.0 Å². The molecule has 0 aliphatic rings. The second-order valence-electron chi connectivity index (χ2n) is 5.98. The molecule has 1 heterocycles. The van der Waals surface area contributed by atoms with Gasteiger partial charge in [-0.25, -0.2) is 9.78 Å². The van der Waals surface area contributed by atoms with Crippen molar-refractivity contribution >= 4 is 29.5 Å². The predicted octanol–water partition coefficient (Wildman–Crippen LogP) is 3.28. The summed E-state index contributed by atoms with van der Waals surface area (Å²) in [6.45, 7) is -0.552. The SMILES string of the molecule is O=C(COC(=O)c1cccnc1Sc1ccccc1)NC(=O)Cc1ccccc1. The number of carbonyl (C=O) groups excluding carboxylic acids is 3. The zero-order valence-corrected chi connectivity index (χ0v) is 16.2. The average molecular weight is 406 g/mol. The summed E-state index contributed by atoms with van der Waals surface area (Å²) < 4.78 is 5.06. The fraction of sp³-hybridized carbons (Fsp3) is 0.0909. The molecular formula is C22H18N2O4S. The van der Waals surface area contributed by atoms with Crippen molar-refractivity contribution in [3.63, 3.8) is 0 Å². The minimum Gasteiger partial charge on any atom is -0.452 e. The van der Waals surface area contributed by atoms with Crippen molar-refractivity contribution in [3.8, 4) is 0 Å². The van der Waals surface area contributed by atoms with Gasteiger partial charge in [-0.15, -0.1) is 0 Å². The van der Waals surface area contributed by atoms with Crippen LogP contribution in [0.4, 0.5) is 0 Å². The highest BCUT2D eigenvalue weighted by atomic mass is 32.2. The van der Waals surface area contributed by atoms with Gasteiger partial charge in [0.25, 0.3) is 5.91 Å². The number of amides is 2. The lowest BCUT2D eigenvalue weighted by atomic mass is 10.1. The zero-order chi connectivity index (χ0) is 20.5. The van der Waals surface area contributed by atoms with Crippen molar-refractivity contribution in [1.82, 2.24) is 10.3 Å². The van der Waals surface area contributed by atoms with Gasteiger partial charge in [0.15, 0.2) is 6.61 Å². The lowest BCUT2D eigenvalue weighted by Gasteiger charge is -2.09. The summed E-state index contributed by atoms with van der Waals surface area (Å²) in [5.74, 6) is -1.82. The summed E-state index contributed by atoms with van der Waals surface area (Å²) in [7, 11) is 0. The number of ether oxygens (including phenoxy) is 1. The Hall–Kier alpha value is -3.45. The summed E-state index contributed by atoms with van der Waals surface area (Å²) >= 11 is 1.32. The van der Waals surface area contributed by atoms with Crippen LogP contribution >= 0.6 is 11.8 Å². The van der Waals surface area contributed by atoms with Crippen molar-refractivity contribution in [2.24, 2.45) is 0 Å². The van der Waals surface area contributed by atoms with Crippen molar-refractivity contribution < 1.29 is 19.1 Å². The monoisotopic (exact) mass is 406 g/mol. The minimum absolute atomic E-state index is 0.0704. The number of esters is 1. The van der Waals surface area contributed by atoms with Gasteiger partial charge in [0.1, 0.15) is 5.03 Å².